The molecular weight excluding hydrogens is 424 g/mol. The van der Waals surface area contributed by atoms with E-state index in [4.69, 9.17) is 4.74 Å². The molecule has 0 bridgehead atoms. The van der Waals surface area contributed by atoms with Crippen LogP contribution in [0.4, 0.5) is 0 Å². The summed E-state index contributed by atoms with van der Waals surface area (Å²) < 4.78 is 7.35. The van der Waals surface area contributed by atoms with Crippen LogP contribution < -0.4 is 10.2 Å². The molecule has 0 aromatic heterocycles. The maximum Gasteiger partial charge on any atom is 0.271 e. The average molecular weight is 438 g/mol. The lowest BCUT2D eigenvalue weighted by Crippen LogP contribution is -2.17. The summed E-state index contributed by atoms with van der Waals surface area (Å²) in [7, 11) is 0. The summed E-state index contributed by atoms with van der Waals surface area (Å²) in [5.74, 6) is 0.382. The smallest absolute Gasteiger partial charge is 0.271 e. The van der Waals surface area contributed by atoms with Crippen molar-refractivity contribution in [3.05, 3.63) is 75.2 Å². The number of halogens is 2. The van der Waals surface area contributed by atoms with E-state index in [0.29, 0.717) is 17.9 Å². The quantitative estimate of drug-likeness (QED) is 0.409. The highest BCUT2D eigenvalue weighted by molar-refractivity contribution is 9.10. The maximum absolute atomic E-state index is 12.0. The molecular formula is C17H14Br2N2O2. The van der Waals surface area contributed by atoms with Gasteiger partial charge in [-0.05, 0) is 42.5 Å². The molecule has 0 heterocycles. The van der Waals surface area contributed by atoms with E-state index in [0.717, 1.165) is 14.5 Å². The molecule has 0 atom stereocenters. The fourth-order valence-electron chi connectivity index (χ4n) is 1.73. The van der Waals surface area contributed by atoms with Gasteiger partial charge in [-0.25, -0.2) is 5.43 Å². The zero-order chi connectivity index (χ0) is 16.7. The molecule has 0 fully saturated rings. The van der Waals surface area contributed by atoms with Crippen molar-refractivity contribution in [3.8, 4) is 5.75 Å². The highest BCUT2D eigenvalue weighted by atomic mass is 79.9. The first kappa shape index (κ1) is 17.4. The number of hydrogen-bond acceptors (Lipinski definition) is 3. The van der Waals surface area contributed by atoms with Crippen LogP contribution in [0, 0.1) is 0 Å². The number of nitrogens with one attached hydrogen (secondary N) is 1. The third-order valence-electron chi connectivity index (χ3n) is 2.80. The summed E-state index contributed by atoms with van der Waals surface area (Å²) >= 11 is 6.73. The second-order valence-electron chi connectivity index (χ2n) is 4.49. The number of benzene rings is 2. The van der Waals surface area contributed by atoms with Crippen LogP contribution in [0.25, 0.3) is 0 Å². The van der Waals surface area contributed by atoms with Crippen LogP contribution in [0.5, 0.6) is 5.75 Å². The van der Waals surface area contributed by atoms with E-state index in [1.165, 1.54) is 0 Å². The minimum atomic E-state index is -0.280. The Bertz CT molecular complexity index is 728. The van der Waals surface area contributed by atoms with Gasteiger partial charge in [0.25, 0.3) is 5.91 Å². The molecule has 118 valence electrons. The van der Waals surface area contributed by atoms with Gasteiger partial charge in [-0.15, -0.1) is 0 Å². The van der Waals surface area contributed by atoms with Crippen molar-refractivity contribution in [2.75, 3.05) is 6.61 Å². The molecule has 2 aromatic carbocycles. The topological polar surface area (TPSA) is 50.7 Å². The first-order chi connectivity index (χ1) is 11.1. The van der Waals surface area contributed by atoms with Crippen LogP contribution in [-0.4, -0.2) is 18.7 Å². The number of carbonyl (C=O) groups excluding carboxylic acids is 1. The van der Waals surface area contributed by atoms with Gasteiger partial charge >= 0.3 is 0 Å². The normalized spacial score (nSPS) is 10.5. The average Bonchev–Trinajstić information content (AvgIpc) is 2.54. The zero-order valence-electron chi connectivity index (χ0n) is 12.1. The molecule has 1 amide bonds. The van der Waals surface area contributed by atoms with Crippen LogP contribution >= 0.6 is 31.9 Å². The van der Waals surface area contributed by atoms with Gasteiger partial charge < -0.3 is 4.74 Å². The van der Waals surface area contributed by atoms with Gasteiger partial charge in [0.05, 0.1) is 6.21 Å². The third kappa shape index (κ3) is 5.33. The SMILES string of the molecule is C=CCOc1ccc(Br)cc1/C=N\NC(=O)c1ccc(Br)cc1. The molecule has 0 aliphatic carbocycles. The molecule has 0 saturated carbocycles. The van der Waals surface area contributed by atoms with Crippen LogP contribution in [0.2, 0.25) is 0 Å². The number of hydrazone groups is 1. The monoisotopic (exact) mass is 436 g/mol. The lowest BCUT2D eigenvalue weighted by Gasteiger charge is -2.07. The Morgan fingerprint density at radius 1 is 1.17 bits per heavy atom. The Balaban J connectivity index is 2.07. The van der Waals surface area contributed by atoms with E-state index in [1.54, 1.807) is 36.6 Å². The first-order valence-corrected chi connectivity index (χ1v) is 8.31. The molecule has 23 heavy (non-hydrogen) atoms. The van der Waals surface area contributed by atoms with Crippen molar-refractivity contribution in [1.82, 2.24) is 5.43 Å². The van der Waals surface area contributed by atoms with Gasteiger partial charge in [0.2, 0.25) is 0 Å². The lowest BCUT2D eigenvalue weighted by atomic mass is 10.2. The number of nitrogens with zero attached hydrogens (tertiary/aromatic N) is 1. The van der Waals surface area contributed by atoms with Gasteiger partial charge in [-0.2, -0.15) is 5.10 Å². The third-order valence-corrected chi connectivity index (χ3v) is 3.83. The van der Waals surface area contributed by atoms with Crippen LogP contribution in [0.15, 0.2) is 69.2 Å². The Morgan fingerprint density at radius 2 is 1.87 bits per heavy atom. The Morgan fingerprint density at radius 3 is 2.57 bits per heavy atom. The van der Waals surface area contributed by atoms with Gasteiger partial charge in [-0.1, -0.05) is 44.5 Å². The fraction of sp³-hybridized carbons (Fsp3) is 0.0588. The molecule has 0 radical (unpaired) electrons. The van der Waals surface area contributed by atoms with Crippen molar-refractivity contribution < 1.29 is 9.53 Å². The predicted octanol–water partition coefficient (Wildman–Crippen LogP) is 4.54. The van der Waals surface area contributed by atoms with Gasteiger partial charge in [-0.3, -0.25) is 4.79 Å². The van der Waals surface area contributed by atoms with Gasteiger partial charge in [0.1, 0.15) is 12.4 Å². The predicted molar refractivity (Wildman–Crippen MR) is 99.0 cm³/mol. The summed E-state index contributed by atoms with van der Waals surface area (Å²) in [6, 6.07) is 12.6. The van der Waals surface area contributed by atoms with Crippen molar-refractivity contribution >= 4 is 44.0 Å². The molecule has 0 spiro atoms. The molecule has 0 aliphatic heterocycles. The number of amides is 1. The van der Waals surface area contributed by atoms with E-state index in [2.05, 4.69) is 49.0 Å². The summed E-state index contributed by atoms with van der Waals surface area (Å²) in [6.45, 7) is 4.02. The van der Waals surface area contributed by atoms with E-state index in [9.17, 15) is 4.79 Å². The van der Waals surface area contributed by atoms with E-state index >= 15 is 0 Å². The minimum Gasteiger partial charge on any atom is -0.489 e. The van der Waals surface area contributed by atoms with Gasteiger partial charge in [0.15, 0.2) is 0 Å². The first-order valence-electron chi connectivity index (χ1n) is 6.72. The maximum atomic E-state index is 12.0. The largest absolute Gasteiger partial charge is 0.489 e. The Kier molecular flexibility index (Phi) is 6.55. The van der Waals surface area contributed by atoms with Crippen LogP contribution in [-0.2, 0) is 0 Å². The fourth-order valence-corrected chi connectivity index (χ4v) is 2.37. The Labute approximate surface area is 151 Å². The molecule has 1 N–H and O–H groups in total. The second kappa shape index (κ2) is 8.64. The molecule has 2 rings (SSSR count). The number of ether oxygens (including phenoxy) is 1. The number of carbonyl (C=O) groups is 1. The van der Waals surface area contributed by atoms with E-state index in [-0.39, 0.29) is 5.91 Å². The van der Waals surface area contributed by atoms with Gasteiger partial charge in [0, 0.05) is 20.1 Å². The highest BCUT2D eigenvalue weighted by Crippen LogP contribution is 2.21. The van der Waals surface area contributed by atoms with Crippen LogP contribution in [0.3, 0.4) is 0 Å². The minimum absolute atomic E-state index is 0.280. The molecule has 2 aromatic rings. The summed E-state index contributed by atoms with van der Waals surface area (Å²) in [5.41, 5.74) is 3.77. The van der Waals surface area contributed by atoms with Crippen molar-refractivity contribution in [1.29, 1.82) is 0 Å². The standard InChI is InChI=1S/C17H14Br2N2O2/c1-2-9-23-16-8-7-15(19)10-13(16)11-20-21-17(22)12-3-5-14(18)6-4-12/h2-8,10-11H,1,9H2,(H,21,22)/b20-11-. The van der Waals surface area contributed by atoms with Crippen molar-refractivity contribution in [3.63, 3.8) is 0 Å². The zero-order valence-corrected chi connectivity index (χ0v) is 15.3. The summed E-state index contributed by atoms with van der Waals surface area (Å²) in [4.78, 5) is 12.0. The summed E-state index contributed by atoms with van der Waals surface area (Å²) in [5, 5.41) is 3.99. The molecule has 0 saturated heterocycles. The highest BCUT2D eigenvalue weighted by Gasteiger charge is 2.05. The van der Waals surface area contributed by atoms with Crippen molar-refractivity contribution in [2.45, 2.75) is 0 Å². The van der Waals surface area contributed by atoms with Crippen LogP contribution in [0.1, 0.15) is 15.9 Å². The van der Waals surface area contributed by atoms with Crippen molar-refractivity contribution in [2.24, 2.45) is 5.10 Å². The lowest BCUT2D eigenvalue weighted by molar-refractivity contribution is 0.0955. The van der Waals surface area contributed by atoms with E-state index in [1.807, 2.05) is 18.2 Å². The number of rotatable bonds is 6. The Hall–Kier alpha value is -1.92. The van der Waals surface area contributed by atoms with E-state index < -0.39 is 0 Å². The molecule has 4 nitrogen and oxygen atoms in total. The molecule has 0 unspecified atom stereocenters. The molecule has 6 heteroatoms. The summed E-state index contributed by atoms with van der Waals surface area (Å²) in [6.07, 6.45) is 3.21. The molecule has 0 aliphatic rings. The second-order valence-corrected chi connectivity index (χ2v) is 6.32. The number of hydrogen-bond donors (Lipinski definition) is 1.